The van der Waals surface area contributed by atoms with Gasteiger partial charge >= 0.3 is 0 Å². The molecule has 0 unspecified atom stereocenters. The lowest BCUT2D eigenvalue weighted by atomic mass is 10.4. The van der Waals surface area contributed by atoms with Gasteiger partial charge in [0, 0.05) is 36.5 Å². The maximum atomic E-state index is 9.56. The summed E-state index contributed by atoms with van der Waals surface area (Å²) >= 11 is 0. The Balaban J connectivity index is 0. The highest BCUT2D eigenvalue weighted by molar-refractivity contribution is 7.83. The van der Waals surface area contributed by atoms with E-state index in [0.717, 1.165) is 13.2 Å². The van der Waals surface area contributed by atoms with E-state index in [1.807, 2.05) is 0 Å². The van der Waals surface area contributed by atoms with Crippen molar-refractivity contribution in [3.63, 3.8) is 0 Å². The minimum atomic E-state index is -0.611. The molecule has 0 aliphatic carbocycles. The van der Waals surface area contributed by atoms with Crippen LogP contribution < -0.4 is 0 Å². The van der Waals surface area contributed by atoms with E-state index in [-0.39, 0.29) is 5.48 Å². The zero-order valence-electron chi connectivity index (χ0n) is 6.55. The quantitative estimate of drug-likeness (QED) is 0.510. The Labute approximate surface area is 64.5 Å². The van der Waals surface area contributed by atoms with Crippen molar-refractivity contribution in [3.05, 3.63) is 0 Å². The third kappa shape index (κ3) is 15.7. The molecule has 1 saturated heterocycles. The summed E-state index contributed by atoms with van der Waals surface area (Å²) in [6.07, 6.45) is 5.83. The van der Waals surface area contributed by atoms with Gasteiger partial charge in [-0.3, -0.25) is 4.21 Å². The smallest absolute Gasteiger partial charge is 0.0466 e. The maximum Gasteiger partial charge on any atom is 0.0466 e. The summed E-state index contributed by atoms with van der Waals surface area (Å²) in [4.78, 5) is 0. The Bertz CT molecular complexity index is 69.5. The molecule has 0 radical (unpaired) electrons. The molecular weight excluding hydrogens is 152 g/mol. The number of hydrogen-bond donors (Lipinski definition) is 0. The van der Waals surface area contributed by atoms with E-state index in [2.05, 4.69) is 0 Å². The molecule has 0 aromatic carbocycles. The van der Waals surface area contributed by atoms with E-state index >= 15 is 0 Å². The van der Waals surface area contributed by atoms with Crippen LogP contribution in [0.3, 0.4) is 0 Å². The van der Waals surface area contributed by atoms with Crippen LogP contribution in [0.2, 0.25) is 0 Å². The molecule has 1 heterocycles. The molecule has 0 saturated carbocycles. The van der Waals surface area contributed by atoms with Gasteiger partial charge in [-0.05, 0) is 12.8 Å². The predicted octanol–water partition coefficient (Wildman–Crippen LogP) is -0.0332. The van der Waals surface area contributed by atoms with E-state index < -0.39 is 10.8 Å². The summed E-state index contributed by atoms with van der Waals surface area (Å²) in [5.41, 5.74) is 0. The molecule has 0 amide bonds. The Kier molecular flexibility index (Phi) is 11.5. The number of ether oxygens (including phenoxy) is 1. The third-order valence-electron chi connectivity index (χ3n) is 0.827. The molecule has 0 aromatic heterocycles. The van der Waals surface area contributed by atoms with Crippen LogP contribution in [-0.2, 0) is 15.5 Å². The fraction of sp³-hybridized carbons (Fsp3) is 1.00. The second-order valence-corrected chi connectivity index (χ2v) is 3.54. The SMILES string of the molecule is C1CCOC1.CS(C)=O.O. The topological polar surface area (TPSA) is 57.8 Å². The van der Waals surface area contributed by atoms with Gasteiger partial charge in [0.1, 0.15) is 0 Å². The van der Waals surface area contributed by atoms with Crippen LogP contribution in [-0.4, -0.2) is 35.4 Å². The molecule has 0 aromatic rings. The van der Waals surface area contributed by atoms with Crippen molar-refractivity contribution < 1.29 is 14.4 Å². The molecule has 1 fully saturated rings. The summed E-state index contributed by atoms with van der Waals surface area (Å²) in [6.45, 7) is 2.00. The highest BCUT2D eigenvalue weighted by atomic mass is 32.2. The fourth-order valence-corrected chi connectivity index (χ4v) is 0.510. The van der Waals surface area contributed by atoms with Crippen molar-refractivity contribution in [2.75, 3.05) is 25.7 Å². The van der Waals surface area contributed by atoms with E-state index in [4.69, 9.17) is 4.74 Å². The molecule has 0 atom stereocenters. The number of rotatable bonds is 0. The van der Waals surface area contributed by atoms with Crippen molar-refractivity contribution in [1.82, 2.24) is 0 Å². The summed E-state index contributed by atoms with van der Waals surface area (Å²) in [5, 5.41) is 0. The van der Waals surface area contributed by atoms with Gasteiger partial charge in [0.15, 0.2) is 0 Å². The Hall–Kier alpha value is 0.0700. The van der Waals surface area contributed by atoms with Crippen LogP contribution in [0.4, 0.5) is 0 Å². The molecule has 10 heavy (non-hydrogen) atoms. The van der Waals surface area contributed by atoms with Gasteiger partial charge in [-0.1, -0.05) is 0 Å². The van der Waals surface area contributed by atoms with Crippen molar-refractivity contribution in [2.24, 2.45) is 0 Å². The second-order valence-electron chi connectivity index (χ2n) is 2.06. The first-order valence-corrected chi connectivity index (χ1v) is 5.03. The maximum absolute atomic E-state index is 9.56. The molecular formula is C6H16O3S. The zero-order valence-corrected chi connectivity index (χ0v) is 7.37. The van der Waals surface area contributed by atoms with E-state index in [9.17, 15) is 4.21 Å². The van der Waals surface area contributed by atoms with Gasteiger partial charge in [0.2, 0.25) is 0 Å². The first-order valence-electron chi connectivity index (χ1n) is 3.06. The van der Waals surface area contributed by atoms with Gasteiger partial charge in [0.05, 0.1) is 0 Å². The van der Waals surface area contributed by atoms with Crippen LogP contribution in [0, 0.1) is 0 Å². The highest BCUT2D eigenvalue weighted by Gasteiger charge is 1.94. The molecule has 64 valence electrons. The molecule has 1 aliphatic rings. The summed E-state index contributed by atoms with van der Waals surface area (Å²) in [7, 11) is -0.611. The van der Waals surface area contributed by atoms with Crippen molar-refractivity contribution in [2.45, 2.75) is 12.8 Å². The van der Waals surface area contributed by atoms with Gasteiger partial charge < -0.3 is 10.2 Å². The van der Waals surface area contributed by atoms with Crippen LogP contribution in [0.25, 0.3) is 0 Å². The molecule has 2 N–H and O–H groups in total. The molecule has 0 bridgehead atoms. The fourth-order valence-electron chi connectivity index (χ4n) is 0.510. The summed E-state index contributed by atoms with van der Waals surface area (Å²) < 4.78 is 14.5. The lowest BCUT2D eigenvalue weighted by Gasteiger charge is -1.76. The normalized spacial score (nSPS) is 15.5. The zero-order chi connectivity index (χ0) is 7.11. The predicted molar refractivity (Wildman–Crippen MR) is 43.7 cm³/mol. The van der Waals surface area contributed by atoms with Gasteiger partial charge in [-0.25, -0.2) is 0 Å². The Morgan fingerprint density at radius 2 is 1.50 bits per heavy atom. The number of hydrogen-bond acceptors (Lipinski definition) is 2. The average molecular weight is 168 g/mol. The van der Waals surface area contributed by atoms with Gasteiger partial charge in [-0.15, -0.1) is 0 Å². The average Bonchev–Trinajstić information content (AvgIpc) is 2.11. The minimum Gasteiger partial charge on any atom is -0.412 e. The second kappa shape index (κ2) is 9.07. The lowest BCUT2D eigenvalue weighted by molar-refractivity contribution is 0.198. The Morgan fingerprint density at radius 3 is 1.60 bits per heavy atom. The molecule has 0 spiro atoms. The van der Waals surface area contributed by atoms with Crippen molar-refractivity contribution >= 4 is 10.8 Å². The van der Waals surface area contributed by atoms with E-state index in [1.54, 1.807) is 12.5 Å². The first-order chi connectivity index (χ1) is 4.23. The van der Waals surface area contributed by atoms with Crippen LogP contribution in [0.15, 0.2) is 0 Å². The van der Waals surface area contributed by atoms with Crippen LogP contribution >= 0.6 is 0 Å². The van der Waals surface area contributed by atoms with Crippen LogP contribution in [0.1, 0.15) is 12.8 Å². The monoisotopic (exact) mass is 168 g/mol. The summed E-state index contributed by atoms with van der Waals surface area (Å²) in [6, 6.07) is 0. The van der Waals surface area contributed by atoms with E-state index in [1.165, 1.54) is 12.8 Å². The first kappa shape index (κ1) is 12.7. The van der Waals surface area contributed by atoms with Gasteiger partial charge in [-0.2, -0.15) is 0 Å². The van der Waals surface area contributed by atoms with Gasteiger partial charge in [0.25, 0.3) is 0 Å². The van der Waals surface area contributed by atoms with Crippen molar-refractivity contribution in [1.29, 1.82) is 0 Å². The molecule has 4 heteroatoms. The summed E-state index contributed by atoms with van der Waals surface area (Å²) in [5.74, 6) is 0. The molecule has 1 rings (SSSR count). The van der Waals surface area contributed by atoms with Crippen molar-refractivity contribution in [3.8, 4) is 0 Å². The highest BCUT2D eigenvalue weighted by Crippen LogP contribution is 1.98. The van der Waals surface area contributed by atoms with Crippen LogP contribution in [0.5, 0.6) is 0 Å². The third-order valence-corrected chi connectivity index (χ3v) is 0.827. The largest absolute Gasteiger partial charge is 0.412 e. The Morgan fingerprint density at radius 1 is 1.20 bits per heavy atom. The minimum absolute atomic E-state index is 0. The molecule has 1 aliphatic heterocycles. The molecule has 3 nitrogen and oxygen atoms in total. The van der Waals surface area contributed by atoms with E-state index in [0.29, 0.717) is 0 Å². The lowest BCUT2D eigenvalue weighted by Crippen LogP contribution is -1.74. The standard InChI is InChI=1S/C4H8O.C2H6OS.H2O/c1-2-4-5-3-1;1-4(2)3;/h1-4H2;1-2H3;1H2.